The van der Waals surface area contributed by atoms with E-state index in [1.165, 1.54) is 120 Å². The smallest absolute Gasteiger partial charge is 0.223 e. The molecule has 0 spiro atoms. The molecule has 1 unspecified atom stereocenters. The highest BCUT2D eigenvalue weighted by molar-refractivity contribution is 5.56. The zero-order chi connectivity index (χ0) is 88.6. The molecule has 3 fully saturated rings. The standard InChI is InChI=1S/C13H21N.C12H17N.C12H16O3.C12H14O.C11H15F.C11H23NO.C10H12N2O.C8H17N.C8H16O.C8H14O/c1-13(2,3)14(4)11-10-12-8-6-5-7-9-12;1-10(2)13-9-5-7-11-6-3-4-8-12(11)13;1-9(2)13-8-12-14-7-10-5-3-4-6-11(10)15-12;1-4-11-5-7-12(8-6-11)9-13-10(2)3;1-8(2)7-10-9(3)5-4-6-11(10)12;1-11(2,3)13-9-6-10-4-7-12-8-5-10;1-7(2)13-8-3-4-9-10(5-8)12-6-11-9;1-8(2,3)9-6-4-5-7-9;1-7(2)9-6-8-4-3-5-8;1-7(2)9-8-5-3-4-6-8/h5-9H,10-11H2,1-4H3;3-4,6,8,10H,5,7,9H2,1-2H3;3-6,9,12H,7-8H2,1-2H3;1,5-8,10H,9H2,2-3H3;4-6,8H,7H2,1-3H3;10,12H,4-9H2,1-3H3;3-5,7H,6H2,1-2H3;4-7H2,1-3H3;7-8H,3-6H2,1-2H3;3-4,7-8H,5-6H2,1-2H3. The Labute approximate surface area is 730 Å². The highest BCUT2D eigenvalue weighted by atomic mass is 19.1. The number of anilines is 1. The molecule has 7 aliphatic rings. The van der Waals surface area contributed by atoms with Crippen molar-refractivity contribution in [1.29, 1.82) is 0 Å². The Hall–Kier alpha value is -6.81. The molecular weight excluding hydrogens is 1490 g/mol. The fourth-order valence-electron chi connectivity index (χ4n) is 13.6. The number of ether oxygens (including phenoxy) is 8. The molecule has 14 nitrogen and oxygen atoms in total. The van der Waals surface area contributed by atoms with E-state index in [0.29, 0.717) is 62.3 Å². The number of halogens is 1. The van der Waals surface area contributed by atoms with E-state index in [-0.39, 0.29) is 41.6 Å². The van der Waals surface area contributed by atoms with Crippen LogP contribution in [0, 0.1) is 42.8 Å². The van der Waals surface area contributed by atoms with Crippen LogP contribution in [0.4, 0.5) is 10.1 Å². The van der Waals surface area contributed by atoms with Crippen molar-refractivity contribution >= 4 is 5.69 Å². The Balaban J connectivity index is 0.000000281. The van der Waals surface area contributed by atoms with Crippen molar-refractivity contribution in [1.82, 2.24) is 15.1 Å². The summed E-state index contributed by atoms with van der Waals surface area (Å²) in [6.45, 7) is 62.6. The van der Waals surface area contributed by atoms with Crippen molar-refractivity contribution in [3.8, 4) is 23.8 Å². The number of piperidine rings is 1. The molecular formula is C105H165FN6O8. The van der Waals surface area contributed by atoms with Crippen molar-refractivity contribution in [2.24, 2.45) is 27.7 Å². The second-order valence-corrected chi connectivity index (χ2v) is 37.5. The van der Waals surface area contributed by atoms with E-state index < -0.39 is 0 Å². The molecule has 0 bridgehead atoms. The van der Waals surface area contributed by atoms with E-state index in [1.807, 2.05) is 121 Å². The first-order chi connectivity index (χ1) is 56.9. The number of rotatable bonds is 22. The Bertz CT molecular complexity index is 3850. The third-order valence-electron chi connectivity index (χ3n) is 21.1. The third kappa shape index (κ3) is 46.6. The molecule has 2 saturated heterocycles. The number of likely N-dealkylation sites (N-methyl/N-ethyl adjacent to an activating group) is 1. The van der Waals surface area contributed by atoms with Crippen LogP contribution in [-0.4, -0.2) is 148 Å². The Morgan fingerprint density at radius 1 is 0.608 bits per heavy atom. The number of fused-ring (bicyclic) bond motifs is 3. The van der Waals surface area contributed by atoms with Gasteiger partial charge < -0.3 is 53.0 Å². The van der Waals surface area contributed by atoms with Gasteiger partial charge in [0.25, 0.3) is 0 Å². The average molecular weight is 1660 g/mol. The number of benzene rings is 6. The summed E-state index contributed by atoms with van der Waals surface area (Å²) in [5.74, 6) is 6.59. The van der Waals surface area contributed by atoms with Crippen LogP contribution in [0.2, 0.25) is 0 Å². The van der Waals surface area contributed by atoms with Crippen molar-refractivity contribution in [2.75, 3.05) is 77.7 Å². The molecule has 6 aromatic rings. The van der Waals surface area contributed by atoms with Crippen molar-refractivity contribution < 1.29 is 42.3 Å². The summed E-state index contributed by atoms with van der Waals surface area (Å²) in [7, 11) is 2.18. The summed E-state index contributed by atoms with van der Waals surface area (Å²) in [4.78, 5) is 15.9. The molecule has 0 amide bonds. The molecule has 1 saturated carbocycles. The number of likely N-dealkylation sites (tertiary alicyclic amines) is 1. The van der Waals surface area contributed by atoms with Crippen LogP contribution in [0.25, 0.3) is 0 Å². The summed E-state index contributed by atoms with van der Waals surface area (Å²) < 4.78 is 57.5. The Kier molecular flexibility index (Phi) is 50.6. The molecule has 5 aliphatic heterocycles. The van der Waals surface area contributed by atoms with Gasteiger partial charge in [-0.15, -0.1) is 6.42 Å². The van der Waals surface area contributed by atoms with Gasteiger partial charge in [0.05, 0.1) is 66.2 Å². The zero-order valence-electron chi connectivity index (χ0n) is 79.6. The van der Waals surface area contributed by atoms with Crippen LogP contribution in [0.1, 0.15) is 269 Å². The fourth-order valence-corrected chi connectivity index (χ4v) is 13.6. The summed E-state index contributed by atoms with van der Waals surface area (Å²) >= 11 is 0. The van der Waals surface area contributed by atoms with Gasteiger partial charge in [0.2, 0.25) is 6.29 Å². The first kappa shape index (κ1) is 106. The fraction of sp³-hybridized carbons (Fsp3) is 0.619. The van der Waals surface area contributed by atoms with Gasteiger partial charge in [-0.05, 0) is 357 Å². The van der Waals surface area contributed by atoms with E-state index in [4.69, 9.17) is 44.3 Å². The van der Waals surface area contributed by atoms with E-state index in [0.717, 1.165) is 107 Å². The second kappa shape index (κ2) is 57.6. The molecule has 6 aromatic carbocycles. The minimum Gasteiger partial charge on any atom is -0.491 e. The number of hydrogen-bond acceptors (Lipinski definition) is 14. The van der Waals surface area contributed by atoms with Gasteiger partial charge in [0.1, 0.15) is 30.6 Å². The molecule has 1 atom stereocenters. The molecule has 2 aliphatic carbocycles. The molecule has 15 heteroatoms. The molecule has 5 heterocycles. The second-order valence-electron chi connectivity index (χ2n) is 37.5. The molecule has 120 heavy (non-hydrogen) atoms. The van der Waals surface area contributed by atoms with Crippen LogP contribution < -0.4 is 30.4 Å². The van der Waals surface area contributed by atoms with Crippen LogP contribution in [0.3, 0.4) is 0 Å². The van der Waals surface area contributed by atoms with Crippen molar-refractivity contribution in [3.63, 3.8) is 0 Å². The Morgan fingerprint density at radius 2 is 1.22 bits per heavy atom. The molecule has 1 N–H and O–H groups in total. The van der Waals surface area contributed by atoms with E-state index in [9.17, 15) is 4.39 Å². The highest BCUT2D eigenvalue weighted by Crippen LogP contribution is 2.30. The lowest BCUT2D eigenvalue weighted by molar-refractivity contribution is -0.150. The molecule has 0 aromatic heterocycles. The van der Waals surface area contributed by atoms with Gasteiger partial charge in [-0.3, -0.25) is 14.9 Å². The maximum atomic E-state index is 13.2. The normalized spacial score (nSPS) is 16.2. The number of terminal acetylenes is 1. The topological polar surface area (TPSA) is 120 Å². The number of aryl methyl sites for hydroxylation is 2. The van der Waals surface area contributed by atoms with Crippen LogP contribution >= 0.6 is 0 Å². The summed E-state index contributed by atoms with van der Waals surface area (Å²) in [5, 5.41) is 5.29. The van der Waals surface area contributed by atoms with Gasteiger partial charge in [-0.25, -0.2) is 4.39 Å². The summed E-state index contributed by atoms with van der Waals surface area (Å²) in [5.41, 5.74) is 10.2. The predicted molar refractivity (Wildman–Crippen MR) is 503 cm³/mol. The van der Waals surface area contributed by atoms with Crippen LogP contribution in [0.5, 0.6) is 11.5 Å². The van der Waals surface area contributed by atoms with Gasteiger partial charge in [-0.2, -0.15) is 0 Å². The SMILES string of the molecule is C#Cc1ccc(COC(C)C)cc1.CC(C)(C)N1CCCC1.CC(C)(C)OCCC1CCNCC1.CC(C)N1CCCc2ccccc21.CC(C)OC1CC=CC1.CC(C)OCC1CCC1.CC(C)OCC1OCc2ccccc2O1.CC(C)Oc1ccc2c(c1)=NCN=2.CN(CCc1ccccc1)C(C)(C)C.Cc1cccc(F)c1CC(C)C. The van der Waals surface area contributed by atoms with Crippen molar-refractivity contribution in [2.45, 2.75) is 335 Å². The average Bonchev–Trinajstić information content (AvgIpc) is 1.26. The van der Waals surface area contributed by atoms with Crippen molar-refractivity contribution in [3.05, 3.63) is 207 Å². The number of nitrogens with zero attached hydrogens (tertiary/aromatic N) is 5. The van der Waals surface area contributed by atoms with Gasteiger partial charge in [0.15, 0.2) is 0 Å². The Morgan fingerprint density at radius 3 is 1.77 bits per heavy atom. The quantitative estimate of drug-likeness (QED) is 0.0515. The number of nitrogens with one attached hydrogen (secondary N) is 1. The number of para-hydroxylation sites is 2. The van der Waals surface area contributed by atoms with Crippen LogP contribution in [-0.2, 0) is 60.9 Å². The molecule has 0 radical (unpaired) electrons. The summed E-state index contributed by atoms with van der Waals surface area (Å²) in [6, 6.07) is 46.9. The van der Waals surface area contributed by atoms with E-state index >= 15 is 0 Å². The lowest BCUT2D eigenvalue weighted by atomic mass is 9.86. The third-order valence-corrected chi connectivity index (χ3v) is 21.1. The largest absolute Gasteiger partial charge is 0.491 e. The minimum absolute atomic E-state index is 0.0346. The minimum atomic E-state index is -0.276. The summed E-state index contributed by atoms with van der Waals surface area (Å²) in [6.07, 6.45) is 28.9. The first-order valence-electron chi connectivity index (χ1n) is 45.5. The monoisotopic (exact) mass is 1660 g/mol. The zero-order valence-corrected chi connectivity index (χ0v) is 79.6. The van der Waals surface area contributed by atoms with E-state index in [1.54, 1.807) is 6.07 Å². The maximum Gasteiger partial charge on any atom is 0.223 e. The van der Waals surface area contributed by atoms with Gasteiger partial charge in [0, 0.05) is 66.3 Å². The molecule has 13 rings (SSSR count). The maximum absolute atomic E-state index is 13.2. The lowest BCUT2D eigenvalue weighted by Crippen LogP contribution is -2.39. The first-order valence-corrected chi connectivity index (χ1v) is 45.5. The predicted octanol–water partition coefficient (Wildman–Crippen LogP) is 23.2. The lowest BCUT2D eigenvalue weighted by Gasteiger charge is -2.34. The highest BCUT2D eigenvalue weighted by Gasteiger charge is 2.25. The van der Waals surface area contributed by atoms with Crippen LogP contribution in [0.15, 0.2) is 162 Å². The van der Waals surface area contributed by atoms with Gasteiger partial charge >= 0.3 is 0 Å². The van der Waals surface area contributed by atoms with E-state index in [2.05, 4.69) is 227 Å². The van der Waals surface area contributed by atoms with Gasteiger partial charge in [-0.1, -0.05) is 129 Å². The number of hydrogen-bond donors (Lipinski definition) is 1. The molecule has 670 valence electrons.